The maximum Gasteiger partial charge on any atom is 0.418 e. The van der Waals surface area contributed by atoms with Crippen molar-refractivity contribution in [3.05, 3.63) is 83.4 Å². The first-order valence-electron chi connectivity index (χ1n) is 11.4. The Labute approximate surface area is 191 Å². The van der Waals surface area contributed by atoms with Crippen LogP contribution in [0.2, 0.25) is 0 Å². The van der Waals surface area contributed by atoms with E-state index in [4.69, 9.17) is 0 Å². The van der Waals surface area contributed by atoms with Crippen LogP contribution in [0, 0.1) is 6.92 Å². The molecule has 0 N–H and O–H groups in total. The van der Waals surface area contributed by atoms with Gasteiger partial charge in [-0.3, -0.25) is 4.68 Å². The Morgan fingerprint density at radius 1 is 0.879 bits per heavy atom. The third kappa shape index (κ3) is 4.34. The van der Waals surface area contributed by atoms with Crippen molar-refractivity contribution in [2.75, 3.05) is 18.0 Å². The minimum absolute atomic E-state index is 0.00368. The van der Waals surface area contributed by atoms with E-state index in [1.807, 2.05) is 43.3 Å². The summed E-state index contributed by atoms with van der Waals surface area (Å²) in [6.45, 7) is 4.42. The SMILES string of the molecule is Cc1cccc(Cn2nc3c(C(F)(F)F)cccc3c2-c2cccc(N3CCCCC3)c2)c1. The van der Waals surface area contributed by atoms with Gasteiger partial charge in [0.15, 0.2) is 0 Å². The average molecular weight is 450 g/mol. The van der Waals surface area contributed by atoms with Crippen LogP contribution in [0.25, 0.3) is 22.2 Å². The van der Waals surface area contributed by atoms with Crippen molar-refractivity contribution >= 4 is 16.6 Å². The van der Waals surface area contributed by atoms with Gasteiger partial charge in [-0.15, -0.1) is 0 Å². The van der Waals surface area contributed by atoms with Crippen molar-refractivity contribution in [3.8, 4) is 11.3 Å². The molecule has 3 nitrogen and oxygen atoms in total. The summed E-state index contributed by atoms with van der Waals surface area (Å²) in [6.07, 6.45) is -0.903. The van der Waals surface area contributed by atoms with Gasteiger partial charge in [0.2, 0.25) is 0 Å². The van der Waals surface area contributed by atoms with Crippen LogP contribution in [0.1, 0.15) is 36.0 Å². The maximum absolute atomic E-state index is 13.8. The van der Waals surface area contributed by atoms with Gasteiger partial charge in [0.05, 0.1) is 17.8 Å². The van der Waals surface area contributed by atoms with Crippen LogP contribution in [0.15, 0.2) is 66.7 Å². The molecule has 1 saturated heterocycles. The molecular weight excluding hydrogens is 423 g/mol. The minimum atomic E-state index is -4.46. The predicted octanol–water partition coefficient (Wildman–Crippen LogP) is 7.07. The van der Waals surface area contributed by atoms with E-state index in [1.54, 1.807) is 10.7 Å². The number of halogens is 3. The topological polar surface area (TPSA) is 21.1 Å². The summed E-state index contributed by atoms with van der Waals surface area (Å²) < 4.78 is 43.1. The molecule has 1 fully saturated rings. The van der Waals surface area contributed by atoms with Gasteiger partial charge in [-0.1, -0.05) is 54.1 Å². The molecule has 3 aromatic carbocycles. The molecule has 0 amide bonds. The smallest absolute Gasteiger partial charge is 0.372 e. The van der Waals surface area contributed by atoms with Gasteiger partial charge in [0.1, 0.15) is 5.52 Å². The van der Waals surface area contributed by atoms with Crippen LogP contribution in [0.5, 0.6) is 0 Å². The number of alkyl halides is 3. The lowest BCUT2D eigenvalue weighted by Gasteiger charge is -2.29. The molecule has 33 heavy (non-hydrogen) atoms. The van der Waals surface area contributed by atoms with Crippen molar-refractivity contribution in [1.29, 1.82) is 0 Å². The summed E-state index contributed by atoms with van der Waals surface area (Å²) in [4.78, 5) is 2.36. The number of hydrogen-bond acceptors (Lipinski definition) is 2. The van der Waals surface area contributed by atoms with Gasteiger partial charge < -0.3 is 4.90 Å². The van der Waals surface area contributed by atoms with Crippen LogP contribution in [0.4, 0.5) is 18.9 Å². The van der Waals surface area contributed by atoms with Crippen molar-refractivity contribution in [2.24, 2.45) is 0 Å². The lowest BCUT2D eigenvalue weighted by Crippen LogP contribution is -2.29. The summed E-state index contributed by atoms with van der Waals surface area (Å²) in [5, 5.41) is 5.03. The number of nitrogens with zero attached hydrogens (tertiary/aromatic N) is 3. The molecule has 4 aromatic rings. The zero-order valence-corrected chi connectivity index (χ0v) is 18.6. The molecule has 0 saturated carbocycles. The normalized spacial score (nSPS) is 14.7. The Morgan fingerprint density at radius 2 is 1.64 bits per heavy atom. The molecular formula is C27H26F3N3. The Balaban J connectivity index is 1.68. The van der Waals surface area contributed by atoms with Gasteiger partial charge in [-0.2, -0.15) is 18.3 Å². The van der Waals surface area contributed by atoms with Crippen LogP contribution in [-0.4, -0.2) is 22.9 Å². The zero-order valence-electron chi connectivity index (χ0n) is 18.6. The highest BCUT2D eigenvalue weighted by molar-refractivity contribution is 5.95. The second-order valence-corrected chi connectivity index (χ2v) is 8.79. The van der Waals surface area contributed by atoms with E-state index in [-0.39, 0.29) is 5.52 Å². The number of aromatic nitrogens is 2. The monoisotopic (exact) mass is 449 g/mol. The number of piperidine rings is 1. The highest BCUT2D eigenvalue weighted by Gasteiger charge is 2.34. The maximum atomic E-state index is 13.8. The average Bonchev–Trinajstić information content (AvgIpc) is 3.17. The van der Waals surface area contributed by atoms with Crippen LogP contribution in [-0.2, 0) is 12.7 Å². The molecule has 1 aliphatic heterocycles. The Hall–Kier alpha value is -3.28. The number of benzene rings is 3. The number of fused-ring (bicyclic) bond motifs is 1. The van der Waals surface area contributed by atoms with E-state index in [0.29, 0.717) is 11.9 Å². The summed E-state index contributed by atoms with van der Waals surface area (Å²) >= 11 is 0. The molecule has 0 aliphatic carbocycles. The van der Waals surface area contributed by atoms with Crippen molar-refractivity contribution in [3.63, 3.8) is 0 Å². The first kappa shape index (κ1) is 21.6. The predicted molar refractivity (Wildman–Crippen MR) is 127 cm³/mol. The zero-order chi connectivity index (χ0) is 23.0. The highest BCUT2D eigenvalue weighted by Crippen LogP contribution is 2.39. The molecule has 1 aliphatic rings. The van der Waals surface area contributed by atoms with Gasteiger partial charge >= 0.3 is 6.18 Å². The fraction of sp³-hybridized carbons (Fsp3) is 0.296. The van der Waals surface area contributed by atoms with Crippen molar-refractivity contribution < 1.29 is 13.2 Å². The molecule has 170 valence electrons. The third-order valence-corrected chi connectivity index (χ3v) is 6.33. The number of anilines is 1. The molecule has 0 unspecified atom stereocenters. The quantitative estimate of drug-likeness (QED) is 0.332. The summed E-state index contributed by atoms with van der Waals surface area (Å²) in [6, 6.07) is 20.5. The lowest BCUT2D eigenvalue weighted by atomic mass is 10.0. The van der Waals surface area contributed by atoms with Crippen molar-refractivity contribution in [2.45, 2.75) is 38.9 Å². The first-order chi connectivity index (χ1) is 15.9. The standard InChI is InChI=1S/C27H26F3N3/c1-19-8-5-9-20(16-19)18-33-26(23-12-7-13-24(25(23)31-33)27(28,29)30)21-10-6-11-22(17-21)32-14-3-2-4-15-32/h5-13,16-17H,2-4,14-15,18H2,1H3. The molecule has 0 spiro atoms. The van der Waals surface area contributed by atoms with E-state index >= 15 is 0 Å². The van der Waals surface area contributed by atoms with Crippen LogP contribution in [0.3, 0.4) is 0 Å². The van der Waals surface area contributed by atoms with E-state index in [9.17, 15) is 13.2 Å². The summed E-state index contributed by atoms with van der Waals surface area (Å²) in [7, 11) is 0. The van der Waals surface area contributed by atoms with E-state index in [0.717, 1.165) is 60.1 Å². The van der Waals surface area contributed by atoms with Crippen LogP contribution >= 0.6 is 0 Å². The summed E-state index contributed by atoms with van der Waals surface area (Å²) in [5.41, 5.74) is 4.12. The fourth-order valence-corrected chi connectivity index (χ4v) is 4.79. The number of hydrogen-bond donors (Lipinski definition) is 0. The number of rotatable bonds is 4. The third-order valence-electron chi connectivity index (χ3n) is 6.33. The minimum Gasteiger partial charge on any atom is -0.372 e. The van der Waals surface area contributed by atoms with Crippen molar-refractivity contribution in [1.82, 2.24) is 9.78 Å². The van der Waals surface area contributed by atoms with E-state index in [1.165, 1.54) is 12.5 Å². The molecule has 5 rings (SSSR count). The molecule has 6 heteroatoms. The fourth-order valence-electron chi connectivity index (χ4n) is 4.79. The van der Waals surface area contributed by atoms with Gasteiger partial charge in [0.25, 0.3) is 0 Å². The van der Waals surface area contributed by atoms with Crippen LogP contribution < -0.4 is 4.90 Å². The van der Waals surface area contributed by atoms with Gasteiger partial charge in [-0.05, 0) is 49.9 Å². The Morgan fingerprint density at radius 3 is 2.39 bits per heavy atom. The second-order valence-electron chi connectivity index (χ2n) is 8.79. The molecule has 0 atom stereocenters. The highest BCUT2D eigenvalue weighted by atomic mass is 19.4. The number of aryl methyl sites for hydroxylation is 1. The molecule has 1 aromatic heterocycles. The Kier molecular flexibility index (Phi) is 5.60. The van der Waals surface area contributed by atoms with Gasteiger partial charge in [0, 0.05) is 29.7 Å². The molecule has 0 bridgehead atoms. The Bertz CT molecular complexity index is 1280. The lowest BCUT2D eigenvalue weighted by molar-refractivity contribution is -0.136. The molecule has 2 heterocycles. The molecule has 0 radical (unpaired) electrons. The summed E-state index contributed by atoms with van der Waals surface area (Å²) in [5.74, 6) is 0. The second kappa shape index (κ2) is 8.58. The first-order valence-corrected chi connectivity index (χ1v) is 11.4. The van der Waals surface area contributed by atoms with E-state index < -0.39 is 11.7 Å². The van der Waals surface area contributed by atoms with E-state index in [2.05, 4.69) is 22.1 Å². The largest absolute Gasteiger partial charge is 0.418 e. The van der Waals surface area contributed by atoms with Gasteiger partial charge in [-0.25, -0.2) is 0 Å².